The number of carbonyl (C=O) groups is 1. The predicted octanol–water partition coefficient (Wildman–Crippen LogP) is 1.08. The number of aldehydes is 1. The number of hydrogen-bond donors (Lipinski definition) is 0. The van der Waals surface area contributed by atoms with Crippen LogP contribution in [0.2, 0.25) is 0 Å². The minimum Gasteiger partial charge on any atom is -0.412 e. The summed E-state index contributed by atoms with van der Waals surface area (Å²) in [7, 11) is 0. The highest BCUT2D eigenvalue weighted by atomic mass is 19.1. The van der Waals surface area contributed by atoms with Crippen LogP contribution in [0.15, 0.2) is 22.7 Å². The number of halogens is 1. The molecular formula is C8H4FN3O2. The molecule has 0 amide bonds. The lowest BCUT2D eigenvalue weighted by Crippen LogP contribution is -1.84. The van der Waals surface area contributed by atoms with Crippen LogP contribution in [0.1, 0.15) is 10.7 Å². The summed E-state index contributed by atoms with van der Waals surface area (Å²) in [6, 6.07) is 2.60. The van der Waals surface area contributed by atoms with E-state index in [4.69, 9.17) is 4.42 Å². The molecule has 2 rings (SSSR count). The number of nitrogens with zero attached hydrogens (tertiary/aromatic N) is 3. The van der Waals surface area contributed by atoms with Crippen LogP contribution < -0.4 is 0 Å². The molecule has 0 spiro atoms. The molecule has 6 heteroatoms. The van der Waals surface area contributed by atoms with Gasteiger partial charge in [0.2, 0.25) is 6.29 Å². The lowest BCUT2D eigenvalue weighted by atomic mass is 10.3. The quantitative estimate of drug-likeness (QED) is 0.667. The fraction of sp³-hybridized carbons (Fsp3) is 0. The molecule has 0 saturated heterocycles. The SMILES string of the molecule is O=Cc1nnc(-c2ccc(F)cn2)o1. The number of rotatable bonds is 2. The van der Waals surface area contributed by atoms with Crippen molar-refractivity contribution in [3.05, 3.63) is 30.0 Å². The summed E-state index contributed by atoms with van der Waals surface area (Å²) in [5, 5.41) is 6.97. The molecule has 70 valence electrons. The maximum atomic E-state index is 12.5. The molecule has 0 aliphatic carbocycles. The van der Waals surface area contributed by atoms with E-state index in [1.807, 2.05) is 0 Å². The van der Waals surface area contributed by atoms with Gasteiger partial charge in [-0.05, 0) is 12.1 Å². The van der Waals surface area contributed by atoms with Crippen molar-refractivity contribution in [2.45, 2.75) is 0 Å². The van der Waals surface area contributed by atoms with Gasteiger partial charge in [0.15, 0.2) is 0 Å². The number of hydrogen-bond acceptors (Lipinski definition) is 5. The van der Waals surface area contributed by atoms with Gasteiger partial charge in [-0.3, -0.25) is 4.79 Å². The Morgan fingerprint density at radius 1 is 1.36 bits per heavy atom. The third-order valence-electron chi connectivity index (χ3n) is 1.49. The van der Waals surface area contributed by atoms with Gasteiger partial charge in [0.25, 0.3) is 11.8 Å². The largest absolute Gasteiger partial charge is 0.412 e. The van der Waals surface area contributed by atoms with Crippen LogP contribution in [0.3, 0.4) is 0 Å². The second kappa shape index (κ2) is 3.33. The average Bonchev–Trinajstić information content (AvgIpc) is 2.67. The van der Waals surface area contributed by atoms with Crippen molar-refractivity contribution in [1.82, 2.24) is 15.2 Å². The second-order valence-electron chi connectivity index (χ2n) is 2.42. The summed E-state index contributed by atoms with van der Waals surface area (Å²) in [5.74, 6) is -0.498. The zero-order valence-corrected chi connectivity index (χ0v) is 6.85. The molecule has 0 N–H and O–H groups in total. The van der Waals surface area contributed by atoms with Crippen molar-refractivity contribution in [1.29, 1.82) is 0 Å². The van der Waals surface area contributed by atoms with Gasteiger partial charge >= 0.3 is 0 Å². The van der Waals surface area contributed by atoms with Crippen LogP contribution in [0, 0.1) is 5.82 Å². The first-order valence-electron chi connectivity index (χ1n) is 3.70. The van der Waals surface area contributed by atoms with Gasteiger partial charge in [-0.2, -0.15) is 0 Å². The maximum absolute atomic E-state index is 12.5. The molecule has 0 radical (unpaired) electrons. The molecule has 5 nitrogen and oxygen atoms in total. The normalized spacial score (nSPS) is 10.1. The van der Waals surface area contributed by atoms with Gasteiger partial charge in [0.05, 0.1) is 6.20 Å². The van der Waals surface area contributed by atoms with Crippen LogP contribution in [-0.2, 0) is 0 Å². The van der Waals surface area contributed by atoms with E-state index in [2.05, 4.69) is 15.2 Å². The van der Waals surface area contributed by atoms with Crippen LogP contribution in [0.4, 0.5) is 4.39 Å². The minimum absolute atomic E-state index is 0.0899. The first-order valence-corrected chi connectivity index (χ1v) is 3.70. The van der Waals surface area contributed by atoms with E-state index in [0.29, 0.717) is 12.0 Å². The third-order valence-corrected chi connectivity index (χ3v) is 1.49. The first-order chi connectivity index (χ1) is 6.79. The molecular weight excluding hydrogens is 189 g/mol. The maximum Gasteiger partial charge on any atom is 0.281 e. The van der Waals surface area contributed by atoms with Gasteiger partial charge in [-0.1, -0.05) is 0 Å². The van der Waals surface area contributed by atoms with Crippen LogP contribution >= 0.6 is 0 Å². The minimum atomic E-state index is -0.455. The van der Waals surface area contributed by atoms with E-state index in [1.54, 1.807) is 0 Å². The molecule has 0 unspecified atom stereocenters. The Kier molecular flexibility index (Phi) is 2.02. The van der Waals surface area contributed by atoms with Gasteiger partial charge in [0, 0.05) is 0 Å². The van der Waals surface area contributed by atoms with Gasteiger partial charge in [0.1, 0.15) is 11.5 Å². The van der Waals surface area contributed by atoms with E-state index in [0.717, 1.165) is 6.20 Å². The summed E-state index contributed by atoms with van der Waals surface area (Å²) in [4.78, 5) is 13.9. The van der Waals surface area contributed by atoms with E-state index in [9.17, 15) is 9.18 Å². The molecule has 0 aromatic carbocycles. The molecule has 0 atom stereocenters. The van der Waals surface area contributed by atoms with E-state index in [1.165, 1.54) is 12.1 Å². The van der Waals surface area contributed by atoms with Crippen molar-refractivity contribution < 1.29 is 13.6 Å². The number of pyridine rings is 1. The first kappa shape index (κ1) is 8.49. The molecule has 0 fully saturated rings. The van der Waals surface area contributed by atoms with Gasteiger partial charge in [-0.25, -0.2) is 9.37 Å². The van der Waals surface area contributed by atoms with Crippen LogP contribution in [-0.4, -0.2) is 21.5 Å². The average molecular weight is 193 g/mol. The van der Waals surface area contributed by atoms with Crippen molar-refractivity contribution in [2.75, 3.05) is 0 Å². The fourth-order valence-electron chi connectivity index (χ4n) is 0.888. The van der Waals surface area contributed by atoms with E-state index < -0.39 is 5.82 Å². The highest BCUT2D eigenvalue weighted by molar-refractivity contribution is 5.67. The molecule has 2 heterocycles. The Morgan fingerprint density at radius 2 is 2.21 bits per heavy atom. The monoisotopic (exact) mass is 193 g/mol. The molecule has 0 aliphatic rings. The zero-order chi connectivity index (χ0) is 9.97. The Hall–Kier alpha value is -2.11. The number of carbonyl (C=O) groups excluding carboxylic acids is 1. The van der Waals surface area contributed by atoms with Crippen molar-refractivity contribution in [2.24, 2.45) is 0 Å². The Morgan fingerprint density at radius 3 is 2.79 bits per heavy atom. The topological polar surface area (TPSA) is 68.9 Å². The van der Waals surface area contributed by atoms with Crippen molar-refractivity contribution >= 4 is 6.29 Å². The Bertz CT molecular complexity index is 452. The summed E-state index contributed by atoms with van der Waals surface area (Å²) in [6.07, 6.45) is 1.46. The van der Waals surface area contributed by atoms with Crippen LogP contribution in [0.25, 0.3) is 11.6 Å². The molecule has 2 aromatic heterocycles. The third kappa shape index (κ3) is 1.49. The molecule has 2 aromatic rings. The lowest BCUT2D eigenvalue weighted by Gasteiger charge is -1.91. The standard InChI is InChI=1S/C8H4FN3O2/c9-5-1-2-6(10-3-5)8-12-11-7(4-13)14-8/h1-4H. The molecule has 0 saturated carbocycles. The molecule has 0 bridgehead atoms. The van der Waals surface area contributed by atoms with E-state index in [-0.39, 0.29) is 11.8 Å². The summed E-state index contributed by atoms with van der Waals surface area (Å²) in [6.45, 7) is 0. The van der Waals surface area contributed by atoms with Gasteiger partial charge < -0.3 is 4.42 Å². The molecule has 0 aliphatic heterocycles. The summed E-state index contributed by atoms with van der Waals surface area (Å²) < 4.78 is 17.4. The molecule has 14 heavy (non-hydrogen) atoms. The van der Waals surface area contributed by atoms with Crippen molar-refractivity contribution in [3.8, 4) is 11.6 Å². The fourth-order valence-corrected chi connectivity index (χ4v) is 0.888. The lowest BCUT2D eigenvalue weighted by molar-refractivity contribution is 0.109. The van der Waals surface area contributed by atoms with E-state index >= 15 is 0 Å². The predicted molar refractivity (Wildman–Crippen MR) is 42.9 cm³/mol. The zero-order valence-electron chi connectivity index (χ0n) is 6.85. The second-order valence-corrected chi connectivity index (χ2v) is 2.42. The highest BCUT2D eigenvalue weighted by Gasteiger charge is 2.08. The number of aromatic nitrogens is 3. The highest BCUT2D eigenvalue weighted by Crippen LogP contribution is 2.13. The summed E-state index contributed by atoms with van der Waals surface area (Å²) in [5.41, 5.74) is 0.326. The van der Waals surface area contributed by atoms with Crippen molar-refractivity contribution in [3.63, 3.8) is 0 Å². The summed E-state index contributed by atoms with van der Waals surface area (Å²) >= 11 is 0. The van der Waals surface area contributed by atoms with Gasteiger partial charge in [-0.15, -0.1) is 10.2 Å². The Labute approximate surface area is 77.6 Å². The van der Waals surface area contributed by atoms with Crippen LogP contribution in [0.5, 0.6) is 0 Å². The smallest absolute Gasteiger partial charge is 0.281 e. The Balaban J connectivity index is 2.39.